The molecule has 36 heavy (non-hydrogen) atoms. The summed E-state index contributed by atoms with van der Waals surface area (Å²) in [5.41, 5.74) is -0.429. The molecule has 1 heterocycles. The Labute approximate surface area is 209 Å². The first-order valence-electron chi connectivity index (χ1n) is 12.1. The van der Waals surface area contributed by atoms with Crippen LogP contribution in [0.4, 0.5) is 4.79 Å². The maximum absolute atomic E-state index is 13.4. The van der Waals surface area contributed by atoms with Crippen LogP contribution in [0.1, 0.15) is 63.6 Å². The number of nitrogens with zero attached hydrogens (tertiary/aromatic N) is 2. The maximum Gasteiger partial charge on any atom is 0.407 e. The third kappa shape index (κ3) is 7.30. The average Bonchev–Trinajstić information content (AvgIpc) is 2.78. The van der Waals surface area contributed by atoms with Crippen molar-refractivity contribution in [3.05, 3.63) is 68.5 Å². The summed E-state index contributed by atoms with van der Waals surface area (Å²) in [6, 6.07) is 8.40. The summed E-state index contributed by atoms with van der Waals surface area (Å²) in [7, 11) is 0. The second-order valence-corrected chi connectivity index (χ2v) is 10.3. The molecule has 0 bridgehead atoms. The molecule has 0 spiro atoms. The van der Waals surface area contributed by atoms with E-state index in [2.05, 4.69) is 5.32 Å². The molecule has 1 aliphatic carbocycles. The van der Waals surface area contributed by atoms with Crippen LogP contribution in [-0.4, -0.2) is 37.9 Å². The van der Waals surface area contributed by atoms with Crippen molar-refractivity contribution in [1.29, 1.82) is 0 Å². The molecule has 0 aliphatic heterocycles. The Morgan fingerprint density at radius 2 is 1.83 bits per heavy atom. The molecule has 1 aromatic heterocycles. The maximum atomic E-state index is 13.4. The van der Waals surface area contributed by atoms with Gasteiger partial charge in [0, 0.05) is 18.2 Å². The van der Waals surface area contributed by atoms with Gasteiger partial charge in [-0.25, -0.2) is 14.2 Å². The normalized spacial score (nSPS) is 20.1. The third-order valence-corrected chi connectivity index (χ3v) is 6.14. The van der Waals surface area contributed by atoms with E-state index in [-0.39, 0.29) is 25.7 Å². The van der Waals surface area contributed by atoms with E-state index in [1.54, 1.807) is 27.7 Å². The van der Waals surface area contributed by atoms with E-state index in [4.69, 9.17) is 9.47 Å². The Hall–Kier alpha value is -3.40. The number of ether oxygens (including phenoxy) is 2. The number of carboxylic acid groups (broad SMARTS) is 1. The molecular formula is C26H35N3O7. The van der Waals surface area contributed by atoms with Crippen LogP contribution in [0.25, 0.3) is 0 Å². The quantitative estimate of drug-likeness (QED) is 0.568. The molecular weight excluding hydrogens is 466 g/mol. The van der Waals surface area contributed by atoms with Crippen molar-refractivity contribution in [3.63, 3.8) is 0 Å². The topological polar surface area (TPSA) is 129 Å². The molecule has 0 saturated heterocycles. The predicted molar refractivity (Wildman–Crippen MR) is 133 cm³/mol. The number of aromatic nitrogens is 2. The van der Waals surface area contributed by atoms with Gasteiger partial charge in [0.05, 0.1) is 18.7 Å². The third-order valence-electron chi connectivity index (χ3n) is 6.14. The van der Waals surface area contributed by atoms with Crippen molar-refractivity contribution in [1.82, 2.24) is 14.5 Å². The molecule has 2 aromatic rings. The predicted octanol–water partition coefficient (Wildman–Crippen LogP) is 3.20. The van der Waals surface area contributed by atoms with E-state index in [9.17, 15) is 24.3 Å². The number of benzene rings is 1. The summed E-state index contributed by atoms with van der Waals surface area (Å²) in [6.07, 6.45) is 2.23. The number of aliphatic carboxylic acids is 1. The number of carbonyl (C=O) groups excluding carboxylic acids is 1. The molecule has 2 N–H and O–H groups in total. The zero-order valence-electron chi connectivity index (χ0n) is 21.2. The van der Waals surface area contributed by atoms with E-state index < -0.39 is 41.0 Å². The first-order chi connectivity index (χ1) is 16.9. The van der Waals surface area contributed by atoms with Crippen LogP contribution in [0.2, 0.25) is 0 Å². The van der Waals surface area contributed by atoms with Crippen molar-refractivity contribution in [2.24, 2.45) is 5.92 Å². The second-order valence-electron chi connectivity index (χ2n) is 10.3. The van der Waals surface area contributed by atoms with E-state index in [0.717, 1.165) is 10.1 Å². The zero-order valence-corrected chi connectivity index (χ0v) is 21.2. The van der Waals surface area contributed by atoms with Crippen LogP contribution in [0.15, 0.2) is 46.1 Å². The van der Waals surface area contributed by atoms with E-state index in [1.165, 1.54) is 10.8 Å². The Balaban J connectivity index is 1.87. The fourth-order valence-electron chi connectivity index (χ4n) is 4.56. The minimum Gasteiger partial charge on any atom is -0.481 e. The number of carbonyl (C=O) groups is 2. The molecule has 1 saturated carbocycles. The zero-order chi connectivity index (χ0) is 26.5. The minimum absolute atomic E-state index is 0.0278. The number of nitrogens with one attached hydrogen (secondary N) is 1. The number of rotatable bonds is 8. The van der Waals surface area contributed by atoms with Gasteiger partial charge in [-0.2, -0.15) is 0 Å². The molecule has 3 unspecified atom stereocenters. The van der Waals surface area contributed by atoms with Gasteiger partial charge < -0.3 is 19.9 Å². The summed E-state index contributed by atoms with van der Waals surface area (Å²) in [5.74, 6) is -1.07. The van der Waals surface area contributed by atoms with Crippen LogP contribution < -0.4 is 16.6 Å². The van der Waals surface area contributed by atoms with Crippen LogP contribution in [-0.2, 0) is 27.6 Å². The lowest BCUT2D eigenvalue weighted by Gasteiger charge is -2.37. The van der Waals surface area contributed by atoms with Crippen LogP contribution >= 0.6 is 0 Å². The molecule has 1 aromatic carbocycles. The van der Waals surface area contributed by atoms with Crippen molar-refractivity contribution in [3.8, 4) is 0 Å². The first-order valence-corrected chi connectivity index (χ1v) is 12.1. The molecule has 3 rings (SSSR count). The lowest BCUT2D eigenvalue weighted by atomic mass is 9.80. The number of carboxylic acids is 1. The van der Waals surface area contributed by atoms with Gasteiger partial charge in [-0.05, 0) is 58.4 Å². The summed E-state index contributed by atoms with van der Waals surface area (Å²) in [6.45, 7) is 6.89. The van der Waals surface area contributed by atoms with Gasteiger partial charge >= 0.3 is 17.8 Å². The molecule has 3 atom stereocenters. The average molecular weight is 502 g/mol. The standard InChI is InChI=1S/C26H35N3O7/c1-17-14-28(25(34)29(23(17)32)16-35-15-18-8-6-5-7-9-18)21-11-10-19(13-22(30)31)12-20(21)27-24(33)36-26(2,3)4/h5-9,14,19-21H,10-13,15-16H2,1-4H3,(H,27,33)(H,30,31). The van der Waals surface area contributed by atoms with Gasteiger partial charge in [-0.3, -0.25) is 14.2 Å². The van der Waals surface area contributed by atoms with E-state index in [1.807, 2.05) is 30.3 Å². The Morgan fingerprint density at radius 1 is 1.14 bits per heavy atom. The Morgan fingerprint density at radius 3 is 2.47 bits per heavy atom. The summed E-state index contributed by atoms with van der Waals surface area (Å²) in [5, 5.41) is 12.1. The molecule has 196 valence electrons. The number of hydrogen-bond acceptors (Lipinski definition) is 6. The van der Waals surface area contributed by atoms with Crippen LogP contribution in [0.5, 0.6) is 0 Å². The van der Waals surface area contributed by atoms with Crippen LogP contribution in [0, 0.1) is 12.8 Å². The highest BCUT2D eigenvalue weighted by Crippen LogP contribution is 2.34. The SMILES string of the molecule is Cc1cn(C2CCC(CC(=O)O)CC2NC(=O)OC(C)(C)C)c(=O)n(COCc2ccccc2)c1=O. The lowest BCUT2D eigenvalue weighted by molar-refractivity contribution is -0.138. The van der Waals surface area contributed by atoms with Gasteiger partial charge in [0.1, 0.15) is 12.3 Å². The van der Waals surface area contributed by atoms with E-state index in [0.29, 0.717) is 24.8 Å². The highest BCUT2D eigenvalue weighted by Gasteiger charge is 2.35. The van der Waals surface area contributed by atoms with Crippen molar-refractivity contribution >= 4 is 12.1 Å². The monoisotopic (exact) mass is 501 g/mol. The minimum atomic E-state index is -0.911. The number of hydrogen-bond donors (Lipinski definition) is 2. The molecule has 0 radical (unpaired) electrons. The smallest absolute Gasteiger partial charge is 0.407 e. The van der Waals surface area contributed by atoms with E-state index >= 15 is 0 Å². The van der Waals surface area contributed by atoms with Crippen molar-refractivity contribution in [2.75, 3.05) is 0 Å². The number of aryl methyl sites for hydroxylation is 1. The van der Waals surface area contributed by atoms with Crippen molar-refractivity contribution in [2.45, 2.75) is 84.4 Å². The molecule has 1 aliphatic rings. The van der Waals surface area contributed by atoms with Crippen molar-refractivity contribution < 1.29 is 24.2 Å². The Kier molecular flexibility index (Phi) is 8.73. The molecule has 10 heteroatoms. The molecule has 1 fully saturated rings. The molecule has 10 nitrogen and oxygen atoms in total. The summed E-state index contributed by atoms with van der Waals surface area (Å²) < 4.78 is 13.6. The van der Waals surface area contributed by atoms with Gasteiger partial charge in [-0.1, -0.05) is 30.3 Å². The number of alkyl carbamates (subject to hydrolysis) is 1. The Bertz CT molecular complexity index is 1180. The fraction of sp³-hybridized carbons (Fsp3) is 0.538. The van der Waals surface area contributed by atoms with Gasteiger partial charge in [0.2, 0.25) is 0 Å². The van der Waals surface area contributed by atoms with Crippen LogP contribution in [0.3, 0.4) is 0 Å². The number of amides is 1. The first kappa shape index (κ1) is 27.2. The molecule has 1 amide bonds. The highest BCUT2D eigenvalue weighted by molar-refractivity contribution is 5.68. The van der Waals surface area contributed by atoms with Gasteiger partial charge in [0.25, 0.3) is 5.56 Å². The van der Waals surface area contributed by atoms with Gasteiger partial charge in [0.15, 0.2) is 0 Å². The lowest BCUT2D eigenvalue weighted by Crippen LogP contribution is -2.51. The fourth-order valence-corrected chi connectivity index (χ4v) is 4.56. The highest BCUT2D eigenvalue weighted by atomic mass is 16.6. The summed E-state index contributed by atoms with van der Waals surface area (Å²) >= 11 is 0. The van der Waals surface area contributed by atoms with Gasteiger partial charge in [-0.15, -0.1) is 0 Å². The second kappa shape index (κ2) is 11.6. The largest absolute Gasteiger partial charge is 0.481 e. The summed E-state index contributed by atoms with van der Waals surface area (Å²) in [4.78, 5) is 50.1.